The van der Waals surface area contributed by atoms with E-state index in [0.717, 1.165) is 0 Å². The molecule has 0 radical (unpaired) electrons. The summed E-state index contributed by atoms with van der Waals surface area (Å²) >= 11 is -51.3. The molecule has 5 N–H and O–H groups in total. The van der Waals surface area contributed by atoms with E-state index in [0.29, 0.717) is 0 Å². The summed E-state index contributed by atoms with van der Waals surface area (Å²) in [6, 6.07) is 0. The van der Waals surface area contributed by atoms with E-state index in [1.165, 1.54) is 0 Å². The molecule has 0 aliphatic carbocycles. The van der Waals surface area contributed by atoms with Crippen LogP contribution in [0.4, 0.5) is 0 Å². The first-order valence-electron chi connectivity index (χ1n) is 6.78. The molecule has 54 heteroatoms. The van der Waals surface area contributed by atoms with Crippen LogP contribution in [0, 0.1) is 0 Å². The van der Waals surface area contributed by atoms with Crippen LogP contribution in [-0.4, -0.2) is 20.2 Å². The van der Waals surface area contributed by atoms with Gasteiger partial charge in [0.05, 0.1) is 0 Å². The third-order valence-corrected chi connectivity index (χ3v) is 0. The Morgan fingerprint density at radius 1 is 0.185 bits per heavy atom. The summed E-state index contributed by atoms with van der Waals surface area (Å²) in [4.78, 5) is 21.6. The number of rotatable bonds is 0. The average Bonchev–Trinajstić information content (AvgIpc) is 2.66. The van der Waals surface area contributed by atoms with Crippen LogP contribution >= 0.6 is 7.82 Å². The van der Waals surface area contributed by atoms with Gasteiger partial charge in [0.2, 0.25) is 0 Å². The van der Waals surface area contributed by atoms with Crippen LogP contribution < -0.4 is 0 Å². The van der Waals surface area contributed by atoms with Crippen molar-refractivity contribution in [2.75, 3.05) is 0 Å². The van der Waals surface area contributed by atoms with Crippen molar-refractivity contribution < 1.29 is 353 Å². The van der Waals surface area contributed by atoms with Crippen molar-refractivity contribution in [1.82, 2.24) is 0 Å². The van der Waals surface area contributed by atoms with Gasteiger partial charge in [-0.25, -0.2) is 4.57 Å². The zero-order chi connectivity index (χ0) is 47.4. The molecular weight excluding hydrogens is 2890 g/mol. The zero-order valence-corrected chi connectivity index (χ0v) is 58.4. The van der Waals surface area contributed by atoms with E-state index in [9.17, 15) is 0 Å². The van der Waals surface area contributed by atoms with Gasteiger partial charge >= 0.3 is 337 Å². The Labute approximate surface area is 355 Å². The van der Waals surface area contributed by atoms with Crippen LogP contribution in [0.25, 0.3) is 0 Å². The molecule has 0 rings (SSSR count). The van der Waals surface area contributed by atoms with Crippen molar-refractivity contribution in [1.29, 1.82) is 0 Å². The molecule has 0 aliphatic rings. The van der Waals surface area contributed by atoms with Crippen molar-refractivity contribution in [2.45, 2.75) is 0 Å². The van der Waals surface area contributed by atoms with Crippen LogP contribution in [0.15, 0.2) is 0 Å². The second-order valence-electron chi connectivity index (χ2n) is 2.96. The third kappa shape index (κ3) is 113000. The molecule has 0 spiro atoms. The van der Waals surface area contributed by atoms with Gasteiger partial charge in [0.15, 0.2) is 0 Å². The average molecular weight is 2900 g/mol. The Hall–Kier alpha value is 1.13. The first-order valence-corrected chi connectivity index (χ1v) is 51.5. The normalized spacial score (nSPS) is 6.43. The fourth-order valence-corrected chi connectivity index (χ4v) is 0. The second-order valence-corrected chi connectivity index (χ2v) is 21.6. The Bertz CT molecular complexity index is 1690. The molecule has 0 unspecified atom stereocenters. The van der Waals surface area contributed by atoms with Gasteiger partial charge < -0.3 is 20.2 Å². The van der Waals surface area contributed by atoms with E-state index in [1.807, 2.05) is 0 Å². The summed E-state index contributed by atoms with van der Waals surface area (Å²) in [5, 5.41) is 0. The van der Waals surface area contributed by atoms with Gasteiger partial charge in [0.1, 0.15) is 0 Å². The summed E-state index contributed by atoms with van der Waals surface area (Å²) in [7, 11) is -4.64. The minimum atomic E-state index is -4.64. The van der Waals surface area contributed by atoms with E-state index < -0.39 is 214 Å². The molecule has 0 aromatic carbocycles. The van der Waals surface area contributed by atoms with E-state index in [-0.39, 0.29) is 5.48 Å². The van der Waals surface area contributed by atoms with Gasteiger partial charge in [0.25, 0.3) is 0 Å². The van der Waals surface area contributed by atoms with Gasteiger partial charge in [-0.1, -0.05) is 0 Å². The minimum absolute atomic E-state index is 0. The summed E-state index contributed by atoms with van der Waals surface area (Å²) in [5.74, 6) is 0. The molecule has 0 heterocycles. The third-order valence-electron chi connectivity index (χ3n) is 0. The van der Waals surface area contributed by atoms with Crippen molar-refractivity contribution in [3.8, 4) is 0 Å². The van der Waals surface area contributed by atoms with Gasteiger partial charge in [-0.15, -0.1) is 0 Å². The van der Waals surface area contributed by atoms with Crippen molar-refractivity contribution in [3.05, 3.63) is 0 Å². The molecule has 0 saturated heterocycles. The SMILES string of the molecule is O.O=P(O)(O)O.[O]=[W](=[O])=[O].[O]=[W](=[O])=[O].[O]=[W](=[O])=[O].[O]=[W](=[O])=[O].[O]=[W](=[O])=[O].[O]=[W](=[O])=[O].[O]=[W](=[O])=[O].[O]=[W](=[O])=[O].[O]=[W](=[O])=[O].[O]=[W](=[O])=[O].[O]=[W](=[O])=[O].[O]=[W](=[O])=[O]. The molecule has 0 aromatic rings. The topological polar surface area (TPSA) is 724 Å². The Balaban J connectivity index is -0.0000000267. The summed E-state index contributed by atoms with van der Waals surface area (Å²) in [6.07, 6.45) is 0. The molecule has 0 amide bonds. The molecule has 0 fully saturated rings. The Kier molecular flexibility index (Phi) is 145. The van der Waals surface area contributed by atoms with Crippen LogP contribution in [0.1, 0.15) is 0 Å². The number of hydrogen-bond donors (Lipinski definition) is 3. The Morgan fingerprint density at radius 3 is 0.185 bits per heavy atom. The predicted molar refractivity (Wildman–Crippen MR) is 42.6 cm³/mol. The first-order chi connectivity index (χ1) is 22.8. The molecular formula is H5O41PW12. The van der Waals surface area contributed by atoms with E-state index in [1.54, 1.807) is 0 Å². The second kappa shape index (κ2) is 82.1. The zero-order valence-electron chi connectivity index (χ0n) is 22.3. The van der Waals surface area contributed by atoms with Crippen molar-refractivity contribution in [3.63, 3.8) is 0 Å². The summed E-state index contributed by atoms with van der Waals surface area (Å²) in [5.41, 5.74) is 0. The van der Waals surface area contributed by atoms with Crippen LogP contribution in [0.2, 0.25) is 0 Å². The summed E-state index contributed by atoms with van der Waals surface area (Å²) in [6.45, 7) is 0. The monoisotopic (exact) mass is 2900 g/mol. The number of phosphoric acid groups is 1. The molecule has 0 atom stereocenters. The van der Waals surface area contributed by atoms with E-state index in [4.69, 9.17) is 142 Å². The van der Waals surface area contributed by atoms with Crippen LogP contribution in [0.3, 0.4) is 0 Å². The Morgan fingerprint density at radius 2 is 0.185 bits per heavy atom. The predicted octanol–water partition coefficient (Wildman–Crippen LogP) is -6.06. The van der Waals surface area contributed by atoms with Crippen LogP contribution in [0.5, 0.6) is 0 Å². The van der Waals surface area contributed by atoms with E-state index in [2.05, 4.69) is 0 Å². The maximum absolute atomic E-state index is 8.88. The molecule has 0 aliphatic heterocycles. The van der Waals surface area contributed by atoms with Gasteiger partial charge in [-0.3, -0.25) is 0 Å². The molecule has 0 saturated carbocycles. The molecule has 0 bridgehead atoms. The van der Waals surface area contributed by atoms with Gasteiger partial charge in [0, 0.05) is 0 Å². The molecule has 54 heavy (non-hydrogen) atoms. The summed E-state index contributed by atoms with van der Waals surface area (Å²) < 4.78 is 319. The fraction of sp³-hybridized carbons (Fsp3) is 0. The van der Waals surface area contributed by atoms with Crippen molar-refractivity contribution >= 4 is 7.82 Å². The van der Waals surface area contributed by atoms with Crippen molar-refractivity contribution in [2.24, 2.45) is 0 Å². The number of hydrogen-bond acceptors (Lipinski definition) is 37. The molecule has 0 aromatic heterocycles. The van der Waals surface area contributed by atoms with Gasteiger partial charge in [-0.2, -0.15) is 0 Å². The maximum atomic E-state index is 8.88. The molecule has 41 nitrogen and oxygen atoms in total. The standard InChI is InChI=1S/H3O4P.H2O.36O.12W/c1-5(2,3)4;;;;;;;;;;;;;;;;;;;;;;;;;;;;;;;;;;;;;;;;;;;;;;;;;/h(H3,1,2,3,4);1H2;;;;;;;;;;;;;;;;;;;;;;;;;;;;;;;;;;;;;;;;;;;;;;;;. The van der Waals surface area contributed by atoms with E-state index >= 15 is 0 Å². The molecule has 328 valence electrons. The first kappa shape index (κ1) is 95.5. The van der Waals surface area contributed by atoms with Gasteiger partial charge in [-0.05, 0) is 0 Å². The quantitative estimate of drug-likeness (QED) is 0.190. The fourth-order valence-electron chi connectivity index (χ4n) is 0. The van der Waals surface area contributed by atoms with Crippen LogP contribution in [-0.2, 0) is 333 Å².